The second-order valence-electron chi connectivity index (χ2n) is 7.91. The maximum absolute atomic E-state index is 12.6. The van der Waals surface area contributed by atoms with Crippen molar-refractivity contribution in [3.05, 3.63) is 46.8 Å². The van der Waals surface area contributed by atoms with E-state index >= 15 is 0 Å². The van der Waals surface area contributed by atoms with Gasteiger partial charge in [0.25, 0.3) is 0 Å². The summed E-state index contributed by atoms with van der Waals surface area (Å²) in [5, 5.41) is 21.2. The number of fused-ring (bicyclic) bond motifs is 1. The van der Waals surface area contributed by atoms with Crippen LogP contribution in [0.5, 0.6) is 0 Å². The van der Waals surface area contributed by atoms with Gasteiger partial charge in [-0.1, -0.05) is 38.2 Å². The van der Waals surface area contributed by atoms with Crippen molar-refractivity contribution in [3.63, 3.8) is 0 Å². The van der Waals surface area contributed by atoms with E-state index in [0.717, 1.165) is 29.6 Å². The summed E-state index contributed by atoms with van der Waals surface area (Å²) in [7, 11) is 0. The molecule has 4 aliphatic carbocycles. The topological polar surface area (TPSA) is 57.5 Å². The Morgan fingerprint density at radius 1 is 1.32 bits per heavy atom. The zero-order valence-electron chi connectivity index (χ0n) is 13.1. The summed E-state index contributed by atoms with van der Waals surface area (Å²) >= 11 is 0. The number of aliphatic hydroxyl groups is 2. The summed E-state index contributed by atoms with van der Waals surface area (Å²) in [4.78, 5) is 12.6. The molecule has 1 unspecified atom stereocenters. The fourth-order valence-electron chi connectivity index (χ4n) is 4.85. The number of aliphatic hydroxyl groups excluding tert-OH is 2. The lowest BCUT2D eigenvalue weighted by Gasteiger charge is -2.32. The molecule has 3 atom stereocenters. The van der Waals surface area contributed by atoms with Crippen LogP contribution in [0.4, 0.5) is 0 Å². The molecule has 0 saturated heterocycles. The van der Waals surface area contributed by atoms with E-state index in [0.29, 0.717) is 18.4 Å². The van der Waals surface area contributed by atoms with Crippen molar-refractivity contribution in [2.75, 3.05) is 0 Å². The summed E-state index contributed by atoms with van der Waals surface area (Å²) < 4.78 is 0. The van der Waals surface area contributed by atoms with Crippen LogP contribution in [0, 0.1) is 16.7 Å². The zero-order chi connectivity index (χ0) is 15.9. The van der Waals surface area contributed by atoms with Gasteiger partial charge in [-0.3, -0.25) is 4.79 Å². The van der Waals surface area contributed by atoms with Crippen LogP contribution in [-0.4, -0.2) is 22.1 Å². The number of hydrogen-bond acceptors (Lipinski definition) is 3. The van der Waals surface area contributed by atoms with Gasteiger partial charge in [0.05, 0.1) is 6.10 Å². The van der Waals surface area contributed by atoms with E-state index in [1.807, 2.05) is 19.9 Å². The third kappa shape index (κ3) is 1.52. The van der Waals surface area contributed by atoms with Crippen molar-refractivity contribution in [2.45, 2.75) is 45.6 Å². The molecule has 0 radical (unpaired) electrons. The first-order chi connectivity index (χ1) is 10.3. The molecule has 0 aliphatic heterocycles. The Kier molecular flexibility index (Phi) is 2.56. The molecule has 4 rings (SSSR count). The lowest BCUT2D eigenvalue weighted by atomic mass is 9.70. The molecule has 0 aromatic carbocycles. The Bertz CT molecular complexity index is 704. The third-order valence-electron chi connectivity index (χ3n) is 6.28. The highest BCUT2D eigenvalue weighted by Crippen LogP contribution is 2.59. The molecule has 2 saturated carbocycles. The minimum absolute atomic E-state index is 0.0463. The number of carbonyl (C=O) groups excluding carboxylic acids is 1. The molecule has 3 heteroatoms. The number of hydrogen-bond donors (Lipinski definition) is 2. The highest BCUT2D eigenvalue weighted by molar-refractivity contribution is 6.00. The summed E-state index contributed by atoms with van der Waals surface area (Å²) in [5.41, 5.74) is 2.63. The van der Waals surface area contributed by atoms with Gasteiger partial charge in [0.1, 0.15) is 5.76 Å². The molecule has 4 aliphatic rings. The smallest absolute Gasteiger partial charge is 0.164 e. The monoisotopic (exact) mass is 298 g/mol. The van der Waals surface area contributed by atoms with E-state index < -0.39 is 11.5 Å². The van der Waals surface area contributed by atoms with Gasteiger partial charge in [-0.25, -0.2) is 0 Å². The average Bonchev–Trinajstić information content (AvgIpc) is 2.75. The minimum Gasteiger partial charge on any atom is -0.507 e. The summed E-state index contributed by atoms with van der Waals surface area (Å²) in [5.74, 6) is 0.424. The SMILES string of the molecule is C=C1C[C@@]23C=CC4=C(CC(O)C4(C)C)C(O)=C2C(=O)C[C@@H]1C3. The van der Waals surface area contributed by atoms with E-state index in [9.17, 15) is 15.0 Å². The van der Waals surface area contributed by atoms with Gasteiger partial charge in [-0.05, 0) is 24.3 Å². The first-order valence-corrected chi connectivity index (χ1v) is 8.02. The highest BCUT2D eigenvalue weighted by atomic mass is 16.3. The average molecular weight is 298 g/mol. The Balaban J connectivity index is 1.95. The van der Waals surface area contributed by atoms with Crippen molar-refractivity contribution in [1.29, 1.82) is 0 Å². The molecule has 2 bridgehead atoms. The largest absolute Gasteiger partial charge is 0.507 e. The maximum atomic E-state index is 12.6. The van der Waals surface area contributed by atoms with E-state index in [4.69, 9.17) is 0 Å². The molecular weight excluding hydrogens is 276 g/mol. The van der Waals surface area contributed by atoms with Crippen molar-refractivity contribution < 1.29 is 15.0 Å². The van der Waals surface area contributed by atoms with Crippen molar-refractivity contribution in [1.82, 2.24) is 0 Å². The normalized spacial score (nSPS) is 39.2. The Morgan fingerprint density at radius 2 is 2.05 bits per heavy atom. The summed E-state index contributed by atoms with van der Waals surface area (Å²) in [6, 6.07) is 0. The summed E-state index contributed by atoms with van der Waals surface area (Å²) in [6.07, 6.45) is 6.12. The highest BCUT2D eigenvalue weighted by Gasteiger charge is 2.53. The van der Waals surface area contributed by atoms with Gasteiger partial charge in [0, 0.05) is 34.8 Å². The number of rotatable bonds is 0. The first-order valence-electron chi connectivity index (χ1n) is 8.02. The van der Waals surface area contributed by atoms with E-state index in [1.165, 1.54) is 0 Å². The van der Waals surface area contributed by atoms with E-state index in [-0.39, 0.29) is 22.9 Å². The van der Waals surface area contributed by atoms with Crippen molar-refractivity contribution in [3.8, 4) is 0 Å². The van der Waals surface area contributed by atoms with Gasteiger partial charge in [0.15, 0.2) is 5.78 Å². The lowest BCUT2D eigenvalue weighted by Crippen LogP contribution is -2.30. The number of ketones is 1. The van der Waals surface area contributed by atoms with Crippen LogP contribution >= 0.6 is 0 Å². The van der Waals surface area contributed by atoms with Gasteiger partial charge in [-0.2, -0.15) is 0 Å². The van der Waals surface area contributed by atoms with Crippen LogP contribution in [0.2, 0.25) is 0 Å². The molecular formula is C19H22O3. The van der Waals surface area contributed by atoms with E-state index in [1.54, 1.807) is 0 Å². The van der Waals surface area contributed by atoms with Crippen LogP contribution in [0.3, 0.4) is 0 Å². The van der Waals surface area contributed by atoms with E-state index in [2.05, 4.69) is 12.7 Å². The number of allylic oxidation sites excluding steroid dienone is 5. The van der Waals surface area contributed by atoms with Gasteiger partial charge < -0.3 is 10.2 Å². The lowest BCUT2D eigenvalue weighted by molar-refractivity contribution is -0.118. The fourth-order valence-corrected chi connectivity index (χ4v) is 4.85. The second-order valence-corrected chi connectivity index (χ2v) is 7.91. The molecule has 0 heterocycles. The Morgan fingerprint density at radius 3 is 2.77 bits per heavy atom. The molecule has 0 aromatic heterocycles. The summed E-state index contributed by atoms with van der Waals surface area (Å²) in [6.45, 7) is 8.13. The van der Waals surface area contributed by atoms with Crippen LogP contribution in [0.25, 0.3) is 0 Å². The molecule has 1 spiro atoms. The third-order valence-corrected chi connectivity index (χ3v) is 6.28. The van der Waals surface area contributed by atoms with Crippen LogP contribution in [-0.2, 0) is 4.79 Å². The zero-order valence-corrected chi connectivity index (χ0v) is 13.1. The first kappa shape index (κ1) is 14.0. The van der Waals surface area contributed by atoms with Crippen LogP contribution in [0.15, 0.2) is 46.8 Å². The molecule has 2 fully saturated rings. The fraction of sp³-hybridized carbons (Fsp3) is 0.526. The molecule has 116 valence electrons. The van der Waals surface area contributed by atoms with Crippen molar-refractivity contribution in [2.24, 2.45) is 16.7 Å². The van der Waals surface area contributed by atoms with Crippen LogP contribution in [0.1, 0.15) is 39.5 Å². The van der Waals surface area contributed by atoms with Gasteiger partial charge in [-0.15, -0.1) is 0 Å². The predicted octanol–water partition coefficient (Wildman–Crippen LogP) is 3.38. The minimum atomic E-state index is -0.524. The number of Topliss-reactive ketones (excluding diaryl/α,β-unsaturated/α-hetero) is 1. The molecule has 2 N–H and O–H groups in total. The number of carbonyl (C=O) groups is 1. The molecule has 0 aromatic rings. The molecule has 3 nitrogen and oxygen atoms in total. The molecule has 22 heavy (non-hydrogen) atoms. The molecule has 0 amide bonds. The van der Waals surface area contributed by atoms with Crippen molar-refractivity contribution >= 4 is 5.78 Å². The second kappa shape index (κ2) is 4.02. The maximum Gasteiger partial charge on any atom is 0.164 e. The van der Waals surface area contributed by atoms with Gasteiger partial charge >= 0.3 is 0 Å². The van der Waals surface area contributed by atoms with Gasteiger partial charge in [0.2, 0.25) is 0 Å². The Hall–Kier alpha value is -1.61. The quantitative estimate of drug-likeness (QED) is 0.674. The Labute approximate surface area is 130 Å². The standard InChI is InChI=1S/C19H22O3/c1-10-8-19-5-4-13-12(7-15(21)18(13,2)3)17(22)16(19)14(20)6-11(10)9-19/h4-5,11,15,21-22H,1,6-9H2,2-3H3/t11-,15?,19-/m1/s1. The predicted molar refractivity (Wildman–Crippen MR) is 84.1 cm³/mol. The van der Waals surface area contributed by atoms with Crippen LogP contribution < -0.4 is 0 Å².